The number of nitrogens with zero attached hydrogens (tertiary/aromatic N) is 4. The van der Waals surface area contributed by atoms with Gasteiger partial charge in [-0.05, 0) is 60.9 Å². The summed E-state index contributed by atoms with van der Waals surface area (Å²) in [6.07, 6.45) is 5.14. The lowest BCUT2D eigenvalue weighted by Gasteiger charge is -2.36. The van der Waals surface area contributed by atoms with E-state index in [1.807, 2.05) is 6.92 Å². The molecule has 0 radical (unpaired) electrons. The SMILES string of the molecule is CC1C=NC(C(c2cc(S(=O)(=O)O)ccc2O)N(CCN(CC(=O)O)C(c2ccccn2)c2cc(S(=O)(=O)O)ccc2O)CC(=O)O)=CC1. The number of phenolic OH excluding ortho intramolecular Hbond substituents is 2. The number of carbonyl (C=O) groups is 2. The minimum absolute atomic E-state index is 0.00596. The number of rotatable bonds is 15. The topological polar surface area (TPSA) is 256 Å². The molecule has 4 rings (SSSR count). The van der Waals surface area contributed by atoms with Crippen LogP contribution in [0.5, 0.6) is 11.5 Å². The minimum Gasteiger partial charge on any atom is -0.508 e. The first-order valence-corrected chi connectivity index (χ1v) is 17.5. The Bertz CT molecular complexity index is 1990. The van der Waals surface area contributed by atoms with Gasteiger partial charge >= 0.3 is 11.9 Å². The molecule has 2 aromatic carbocycles. The zero-order valence-corrected chi connectivity index (χ0v) is 27.6. The molecule has 1 aliphatic rings. The number of aromatic hydroxyl groups is 2. The molecule has 0 aliphatic carbocycles. The summed E-state index contributed by atoms with van der Waals surface area (Å²) in [6, 6.07) is 8.08. The number of hydrogen-bond donors (Lipinski definition) is 6. The van der Waals surface area contributed by atoms with E-state index in [0.717, 1.165) is 36.4 Å². The van der Waals surface area contributed by atoms with Gasteiger partial charge < -0.3 is 20.4 Å². The van der Waals surface area contributed by atoms with Crippen molar-refractivity contribution < 1.29 is 56.0 Å². The molecule has 3 unspecified atom stereocenters. The number of pyridine rings is 1. The summed E-state index contributed by atoms with van der Waals surface area (Å²) in [7, 11) is -9.53. The van der Waals surface area contributed by atoms with Gasteiger partial charge in [-0.25, -0.2) is 0 Å². The number of phenols is 2. The average molecular weight is 719 g/mol. The van der Waals surface area contributed by atoms with Crippen LogP contribution in [0.25, 0.3) is 0 Å². The van der Waals surface area contributed by atoms with E-state index < -0.39 is 78.6 Å². The Kier molecular flexibility index (Phi) is 11.5. The molecule has 0 fully saturated rings. The molecule has 6 N–H and O–H groups in total. The number of aliphatic carboxylic acids is 2. The van der Waals surface area contributed by atoms with Crippen molar-refractivity contribution in [3.63, 3.8) is 0 Å². The fourth-order valence-corrected chi connectivity index (χ4v) is 6.50. The maximum absolute atomic E-state index is 12.2. The Balaban J connectivity index is 1.87. The summed E-state index contributed by atoms with van der Waals surface area (Å²) < 4.78 is 67.6. The summed E-state index contributed by atoms with van der Waals surface area (Å²) >= 11 is 0. The van der Waals surface area contributed by atoms with Gasteiger partial charge in [0.1, 0.15) is 11.5 Å². The smallest absolute Gasteiger partial charge is 0.317 e. The summed E-state index contributed by atoms with van der Waals surface area (Å²) in [6.45, 7) is -0.153. The van der Waals surface area contributed by atoms with Gasteiger partial charge in [0.15, 0.2) is 0 Å². The highest BCUT2D eigenvalue weighted by Gasteiger charge is 2.34. The third-order valence-electron chi connectivity index (χ3n) is 7.69. The van der Waals surface area contributed by atoms with Crippen LogP contribution < -0.4 is 0 Å². The van der Waals surface area contributed by atoms with Gasteiger partial charge in [-0.3, -0.25) is 38.5 Å². The van der Waals surface area contributed by atoms with Gasteiger partial charge in [-0.2, -0.15) is 16.8 Å². The van der Waals surface area contributed by atoms with Crippen LogP contribution in [-0.2, 0) is 29.8 Å². The predicted molar refractivity (Wildman–Crippen MR) is 173 cm³/mol. The van der Waals surface area contributed by atoms with E-state index in [9.17, 15) is 56.0 Å². The van der Waals surface area contributed by atoms with Crippen molar-refractivity contribution in [2.45, 2.75) is 35.2 Å². The van der Waals surface area contributed by atoms with Crippen molar-refractivity contribution in [1.29, 1.82) is 0 Å². The summed E-state index contributed by atoms with van der Waals surface area (Å²) in [5.74, 6) is -3.58. The molecule has 2 heterocycles. The van der Waals surface area contributed by atoms with Gasteiger partial charge in [-0.15, -0.1) is 0 Å². The molecule has 16 nitrogen and oxygen atoms in total. The Hall–Kier alpha value is -4.72. The second kappa shape index (κ2) is 15.2. The van der Waals surface area contributed by atoms with Crippen LogP contribution in [0.1, 0.15) is 42.2 Å². The van der Waals surface area contributed by atoms with E-state index in [-0.39, 0.29) is 41.5 Å². The highest BCUT2D eigenvalue weighted by atomic mass is 32.2. The van der Waals surface area contributed by atoms with Crippen molar-refractivity contribution in [1.82, 2.24) is 14.8 Å². The highest BCUT2D eigenvalue weighted by molar-refractivity contribution is 7.86. The first kappa shape index (κ1) is 37.1. The van der Waals surface area contributed by atoms with Crippen molar-refractivity contribution >= 4 is 38.4 Å². The van der Waals surface area contributed by atoms with E-state index in [1.54, 1.807) is 24.4 Å². The summed E-state index contributed by atoms with van der Waals surface area (Å²) in [5, 5.41) is 41.7. The van der Waals surface area contributed by atoms with Crippen molar-refractivity contribution in [3.8, 4) is 11.5 Å². The predicted octanol–water partition coefficient (Wildman–Crippen LogP) is 2.58. The van der Waals surface area contributed by atoms with E-state index in [0.29, 0.717) is 6.42 Å². The van der Waals surface area contributed by atoms with E-state index >= 15 is 0 Å². The zero-order chi connectivity index (χ0) is 36.1. The third-order valence-corrected chi connectivity index (χ3v) is 9.39. The number of hydrogen-bond acceptors (Lipinski definition) is 12. The number of carboxylic acids is 2. The fourth-order valence-electron chi connectivity index (χ4n) is 5.47. The Labute approximate surface area is 281 Å². The van der Waals surface area contributed by atoms with E-state index in [2.05, 4.69) is 9.98 Å². The molecule has 0 bridgehead atoms. The second-order valence-corrected chi connectivity index (χ2v) is 14.1. The number of aromatic nitrogens is 1. The number of benzene rings is 2. The lowest BCUT2D eigenvalue weighted by atomic mass is 9.96. The van der Waals surface area contributed by atoms with Crippen LogP contribution in [0.4, 0.5) is 0 Å². The quantitative estimate of drug-likeness (QED) is 0.123. The van der Waals surface area contributed by atoms with Crippen molar-refractivity contribution in [3.05, 3.63) is 89.4 Å². The second-order valence-electron chi connectivity index (χ2n) is 11.3. The molecule has 262 valence electrons. The van der Waals surface area contributed by atoms with Crippen molar-refractivity contribution in [2.24, 2.45) is 10.9 Å². The molecular weight excluding hydrogens is 684 g/mol. The number of carboxylic acid groups (broad SMARTS) is 2. The molecule has 0 amide bonds. The van der Waals surface area contributed by atoms with Gasteiger partial charge in [0.05, 0.1) is 46.4 Å². The largest absolute Gasteiger partial charge is 0.508 e. The Morgan fingerprint density at radius 3 is 1.76 bits per heavy atom. The van der Waals surface area contributed by atoms with Gasteiger partial charge in [0.25, 0.3) is 20.2 Å². The van der Waals surface area contributed by atoms with Crippen LogP contribution in [0, 0.1) is 5.92 Å². The van der Waals surface area contributed by atoms with Crippen LogP contribution >= 0.6 is 0 Å². The molecule has 1 aromatic heterocycles. The summed E-state index contributed by atoms with van der Waals surface area (Å²) in [5.41, 5.74) is 0.161. The monoisotopic (exact) mass is 718 g/mol. The van der Waals surface area contributed by atoms with Gasteiger partial charge in [0.2, 0.25) is 0 Å². The minimum atomic E-state index is -4.77. The van der Waals surface area contributed by atoms with Crippen LogP contribution in [0.15, 0.2) is 87.4 Å². The van der Waals surface area contributed by atoms with Crippen LogP contribution in [0.2, 0.25) is 0 Å². The normalized spacial score (nSPS) is 16.3. The van der Waals surface area contributed by atoms with Gasteiger partial charge in [-0.1, -0.05) is 19.1 Å². The molecule has 18 heteroatoms. The number of aliphatic imine (C=N–C) groups is 1. The van der Waals surface area contributed by atoms with E-state index in [4.69, 9.17) is 0 Å². The molecule has 0 saturated carbocycles. The standard InChI is InChI=1S/C31H34N4O12S2/c1-19-5-8-25(33-16-19)31(23-15-21(49(45,46)47)7-10-27(23)37)35(18-29(40)41)13-12-34(17-28(38)39)30(24-4-2-3-11-32-24)22-14-20(48(42,43)44)6-9-26(22)36/h2-4,6-11,14-16,19,30-31,36-37H,5,12-13,17-18H2,1H3,(H,38,39)(H,40,41)(H,42,43,44)(H,45,46,47). The summed E-state index contributed by atoms with van der Waals surface area (Å²) in [4.78, 5) is 34.6. The van der Waals surface area contributed by atoms with Crippen molar-refractivity contribution in [2.75, 3.05) is 26.2 Å². The molecule has 3 aromatic rings. The lowest BCUT2D eigenvalue weighted by Crippen LogP contribution is -2.43. The molecule has 49 heavy (non-hydrogen) atoms. The maximum atomic E-state index is 12.2. The Morgan fingerprint density at radius 1 is 0.816 bits per heavy atom. The first-order valence-electron chi connectivity index (χ1n) is 14.6. The number of allylic oxidation sites excluding steroid dienone is 1. The first-order chi connectivity index (χ1) is 23.0. The molecule has 0 spiro atoms. The molecular formula is C31H34N4O12S2. The Morgan fingerprint density at radius 2 is 1.33 bits per heavy atom. The van der Waals surface area contributed by atoms with Crippen LogP contribution in [0.3, 0.4) is 0 Å². The zero-order valence-electron chi connectivity index (χ0n) is 25.9. The maximum Gasteiger partial charge on any atom is 0.317 e. The lowest BCUT2D eigenvalue weighted by molar-refractivity contribution is -0.140. The molecule has 1 aliphatic heterocycles. The highest BCUT2D eigenvalue weighted by Crippen LogP contribution is 2.39. The average Bonchev–Trinajstić information content (AvgIpc) is 3.01. The fraction of sp³-hybridized carbons (Fsp3) is 0.290. The molecule has 3 atom stereocenters. The molecule has 0 saturated heterocycles. The third kappa shape index (κ3) is 9.46. The van der Waals surface area contributed by atoms with Crippen LogP contribution in [-0.4, -0.2) is 105 Å². The van der Waals surface area contributed by atoms with E-state index in [1.165, 1.54) is 22.1 Å². The van der Waals surface area contributed by atoms with Gasteiger partial charge in [0, 0.05) is 36.6 Å².